The minimum Gasteiger partial charge on any atom is -0.371 e. The van der Waals surface area contributed by atoms with Gasteiger partial charge in [-0.05, 0) is 43.9 Å². The van der Waals surface area contributed by atoms with Crippen molar-refractivity contribution in [1.82, 2.24) is 0 Å². The Hall–Kier alpha value is -0.0400. The number of ether oxygens (including phenoxy) is 1. The second-order valence-electron chi connectivity index (χ2n) is 4.96. The lowest BCUT2D eigenvalue weighted by atomic mass is 9.80. The fraction of sp³-hybridized carbons (Fsp3) is 1.00. The first-order chi connectivity index (χ1) is 5.19. The van der Waals surface area contributed by atoms with Gasteiger partial charge in [-0.1, -0.05) is 6.92 Å². The first-order valence-corrected chi connectivity index (χ1v) is 4.87. The van der Waals surface area contributed by atoms with Crippen LogP contribution in [0, 0.1) is 17.8 Å². The van der Waals surface area contributed by atoms with Crippen molar-refractivity contribution >= 4 is 0 Å². The van der Waals surface area contributed by atoms with Gasteiger partial charge in [-0.25, -0.2) is 0 Å². The van der Waals surface area contributed by atoms with E-state index in [0.29, 0.717) is 11.7 Å². The van der Waals surface area contributed by atoms with E-state index in [1.165, 1.54) is 19.3 Å². The van der Waals surface area contributed by atoms with Gasteiger partial charge in [0.05, 0.1) is 11.7 Å². The monoisotopic (exact) mass is 152 g/mol. The summed E-state index contributed by atoms with van der Waals surface area (Å²) >= 11 is 0. The smallest absolute Gasteiger partial charge is 0.0690 e. The van der Waals surface area contributed by atoms with E-state index in [1.54, 1.807) is 0 Å². The molecule has 0 aromatic rings. The van der Waals surface area contributed by atoms with E-state index in [1.807, 2.05) is 0 Å². The summed E-state index contributed by atoms with van der Waals surface area (Å²) in [6, 6.07) is 0. The molecule has 2 aliphatic heterocycles. The summed E-state index contributed by atoms with van der Waals surface area (Å²) in [6.45, 7) is 4.69. The molecule has 4 aliphatic rings. The lowest BCUT2D eigenvalue weighted by Gasteiger charge is -2.35. The highest BCUT2D eigenvalue weighted by Gasteiger charge is 2.59. The average Bonchev–Trinajstić information content (AvgIpc) is 2.31. The molecule has 1 heteroatoms. The van der Waals surface area contributed by atoms with Gasteiger partial charge in [-0.2, -0.15) is 0 Å². The molecule has 0 spiro atoms. The Morgan fingerprint density at radius 1 is 1.36 bits per heavy atom. The van der Waals surface area contributed by atoms with Crippen LogP contribution in [0.3, 0.4) is 0 Å². The highest BCUT2D eigenvalue weighted by Crippen LogP contribution is 2.59. The van der Waals surface area contributed by atoms with Gasteiger partial charge in [0, 0.05) is 0 Å². The molecule has 11 heavy (non-hydrogen) atoms. The Bertz CT molecular complexity index is 183. The van der Waals surface area contributed by atoms with Crippen molar-refractivity contribution in [2.45, 2.75) is 44.8 Å². The van der Waals surface area contributed by atoms with Crippen LogP contribution in [0.4, 0.5) is 0 Å². The maximum absolute atomic E-state index is 6.05. The van der Waals surface area contributed by atoms with Gasteiger partial charge in [0.25, 0.3) is 0 Å². The third-order valence-electron chi connectivity index (χ3n) is 4.39. The van der Waals surface area contributed by atoms with Crippen molar-refractivity contribution in [1.29, 1.82) is 0 Å². The molecule has 0 unspecified atom stereocenters. The molecule has 2 saturated heterocycles. The highest BCUT2D eigenvalue weighted by molar-refractivity contribution is 5.08. The Morgan fingerprint density at radius 2 is 2.18 bits per heavy atom. The van der Waals surface area contributed by atoms with Crippen LogP contribution in [0.5, 0.6) is 0 Å². The second-order valence-corrected chi connectivity index (χ2v) is 4.96. The first-order valence-electron chi connectivity index (χ1n) is 4.87. The predicted octanol–water partition coefficient (Wildman–Crippen LogP) is 2.21. The molecular formula is C10H16O. The van der Waals surface area contributed by atoms with E-state index in [2.05, 4.69) is 13.8 Å². The van der Waals surface area contributed by atoms with Gasteiger partial charge in [0.2, 0.25) is 0 Å². The fourth-order valence-electron chi connectivity index (χ4n) is 3.58. The fourth-order valence-corrected chi connectivity index (χ4v) is 3.58. The standard InChI is InChI=1S/C10H16O/c1-6-7-3-8-4-9(6)11-10(8,2)5-7/h6-9H,3-5H2,1-2H3/t6-,7-,8-,9-,10-/m1/s1. The summed E-state index contributed by atoms with van der Waals surface area (Å²) in [4.78, 5) is 0. The van der Waals surface area contributed by atoms with Gasteiger partial charge < -0.3 is 4.74 Å². The van der Waals surface area contributed by atoms with E-state index >= 15 is 0 Å². The Balaban J connectivity index is 2.02. The topological polar surface area (TPSA) is 9.23 Å². The molecule has 2 aliphatic carbocycles. The molecule has 0 aromatic heterocycles. The van der Waals surface area contributed by atoms with Crippen molar-refractivity contribution in [2.75, 3.05) is 0 Å². The van der Waals surface area contributed by atoms with Crippen LogP contribution in [-0.4, -0.2) is 11.7 Å². The van der Waals surface area contributed by atoms with E-state index in [-0.39, 0.29) is 0 Å². The minimum atomic E-state index is 0.307. The van der Waals surface area contributed by atoms with E-state index in [4.69, 9.17) is 4.74 Å². The zero-order valence-electron chi connectivity index (χ0n) is 7.34. The summed E-state index contributed by atoms with van der Waals surface area (Å²) in [5, 5.41) is 0. The normalized spacial score (nSPS) is 66.0. The number of hydrogen-bond donors (Lipinski definition) is 0. The minimum absolute atomic E-state index is 0.307. The van der Waals surface area contributed by atoms with Crippen LogP contribution in [0.2, 0.25) is 0 Å². The van der Waals surface area contributed by atoms with Gasteiger partial charge in [0.1, 0.15) is 0 Å². The van der Waals surface area contributed by atoms with Crippen LogP contribution in [0.1, 0.15) is 33.1 Å². The molecule has 62 valence electrons. The summed E-state index contributed by atoms with van der Waals surface area (Å²) < 4.78 is 6.05. The summed E-state index contributed by atoms with van der Waals surface area (Å²) in [5.74, 6) is 2.76. The zero-order valence-corrected chi connectivity index (χ0v) is 7.34. The lowest BCUT2D eigenvalue weighted by Crippen LogP contribution is -2.35. The third kappa shape index (κ3) is 0.618. The maximum atomic E-state index is 6.05. The quantitative estimate of drug-likeness (QED) is 0.517. The van der Waals surface area contributed by atoms with Crippen LogP contribution in [-0.2, 0) is 4.74 Å². The molecule has 0 aromatic carbocycles. The Morgan fingerprint density at radius 3 is 2.82 bits per heavy atom. The molecule has 4 fully saturated rings. The molecule has 5 atom stereocenters. The predicted molar refractivity (Wildman–Crippen MR) is 43.3 cm³/mol. The maximum Gasteiger partial charge on any atom is 0.0690 e. The highest BCUT2D eigenvalue weighted by atomic mass is 16.5. The Kier molecular flexibility index (Phi) is 0.976. The molecule has 4 rings (SSSR count). The summed E-state index contributed by atoms with van der Waals surface area (Å²) in [7, 11) is 0. The molecule has 0 radical (unpaired) electrons. The van der Waals surface area contributed by atoms with Gasteiger partial charge in [-0.15, -0.1) is 0 Å². The van der Waals surface area contributed by atoms with Crippen LogP contribution in [0.15, 0.2) is 0 Å². The van der Waals surface area contributed by atoms with Crippen LogP contribution >= 0.6 is 0 Å². The van der Waals surface area contributed by atoms with Gasteiger partial charge in [-0.3, -0.25) is 0 Å². The van der Waals surface area contributed by atoms with Crippen LogP contribution < -0.4 is 0 Å². The van der Waals surface area contributed by atoms with E-state index in [0.717, 1.165) is 17.8 Å². The largest absolute Gasteiger partial charge is 0.371 e. The molecule has 4 bridgehead atoms. The van der Waals surface area contributed by atoms with Crippen molar-refractivity contribution < 1.29 is 4.74 Å². The number of hydrogen-bond acceptors (Lipinski definition) is 1. The van der Waals surface area contributed by atoms with Gasteiger partial charge >= 0.3 is 0 Å². The SMILES string of the molecule is C[C@@H]1[C@@H]2C[C@@H]3C[C@H]1O[C@]3(C)C2. The van der Waals surface area contributed by atoms with E-state index in [9.17, 15) is 0 Å². The lowest BCUT2D eigenvalue weighted by molar-refractivity contribution is -0.0954. The molecule has 0 amide bonds. The van der Waals surface area contributed by atoms with Crippen molar-refractivity contribution in [3.05, 3.63) is 0 Å². The third-order valence-corrected chi connectivity index (χ3v) is 4.39. The molecule has 1 nitrogen and oxygen atoms in total. The van der Waals surface area contributed by atoms with E-state index < -0.39 is 0 Å². The average molecular weight is 152 g/mol. The molecule has 0 N–H and O–H groups in total. The van der Waals surface area contributed by atoms with Crippen molar-refractivity contribution in [3.8, 4) is 0 Å². The molecule has 2 heterocycles. The summed E-state index contributed by atoms with van der Waals surface area (Å²) in [5.41, 5.74) is 0.307. The molecular weight excluding hydrogens is 136 g/mol. The molecule has 2 saturated carbocycles. The number of rotatable bonds is 0. The zero-order chi connectivity index (χ0) is 7.64. The second kappa shape index (κ2) is 1.66. The Labute approximate surface area is 68.1 Å². The van der Waals surface area contributed by atoms with Crippen LogP contribution in [0.25, 0.3) is 0 Å². The van der Waals surface area contributed by atoms with Gasteiger partial charge in [0.15, 0.2) is 0 Å². The summed E-state index contributed by atoms with van der Waals surface area (Å²) in [6.07, 6.45) is 4.77. The first kappa shape index (κ1) is 6.47. The van der Waals surface area contributed by atoms with Crippen molar-refractivity contribution in [3.63, 3.8) is 0 Å². The van der Waals surface area contributed by atoms with Crippen molar-refractivity contribution in [2.24, 2.45) is 17.8 Å².